The van der Waals surface area contributed by atoms with Gasteiger partial charge in [0.1, 0.15) is 0 Å². The molecule has 1 aromatic carbocycles. The van der Waals surface area contributed by atoms with E-state index in [0.29, 0.717) is 28.7 Å². The van der Waals surface area contributed by atoms with Gasteiger partial charge in [0.05, 0.1) is 24.3 Å². The molecular weight excluding hydrogens is 328 g/mol. The minimum absolute atomic E-state index is 0.0455. The summed E-state index contributed by atoms with van der Waals surface area (Å²) >= 11 is 5.21. The van der Waals surface area contributed by atoms with Crippen molar-refractivity contribution in [1.82, 2.24) is 10.6 Å². The number of rotatable bonds is 5. The van der Waals surface area contributed by atoms with Crippen LogP contribution in [0.4, 0.5) is 0 Å². The maximum Gasteiger partial charge on any atom is 0.338 e. The monoisotopic (exact) mass is 350 g/mol. The van der Waals surface area contributed by atoms with Gasteiger partial charge in [0.2, 0.25) is 0 Å². The number of benzene rings is 1. The quantitative estimate of drug-likeness (QED) is 0.556. The number of esters is 1. The van der Waals surface area contributed by atoms with Crippen LogP contribution in [-0.2, 0) is 9.53 Å². The van der Waals surface area contributed by atoms with E-state index in [1.54, 1.807) is 32.9 Å². The smallest absolute Gasteiger partial charge is 0.338 e. The van der Waals surface area contributed by atoms with Crippen molar-refractivity contribution in [1.29, 1.82) is 0 Å². The van der Waals surface area contributed by atoms with Crippen LogP contribution in [0, 0.1) is 0 Å². The van der Waals surface area contributed by atoms with Gasteiger partial charge < -0.3 is 25.2 Å². The number of carbonyl (C=O) groups excluding carboxylic acids is 1. The van der Waals surface area contributed by atoms with Crippen LogP contribution in [0.5, 0.6) is 11.5 Å². The molecule has 1 heterocycles. The Morgan fingerprint density at radius 3 is 2.75 bits per heavy atom. The lowest BCUT2D eigenvalue weighted by Crippen LogP contribution is -2.45. The summed E-state index contributed by atoms with van der Waals surface area (Å²) in [5, 5.41) is 16.3. The Kier molecular flexibility index (Phi) is 5.66. The van der Waals surface area contributed by atoms with Crippen LogP contribution in [0.1, 0.15) is 39.3 Å². The Morgan fingerprint density at radius 2 is 2.12 bits per heavy atom. The van der Waals surface area contributed by atoms with E-state index in [9.17, 15) is 9.90 Å². The molecular formula is C17H22N2O4S. The number of allylic oxidation sites excluding steroid dienone is 1. The molecule has 2 rings (SSSR count). The maximum atomic E-state index is 12.5. The van der Waals surface area contributed by atoms with Crippen molar-refractivity contribution in [3.8, 4) is 11.5 Å². The summed E-state index contributed by atoms with van der Waals surface area (Å²) in [6.45, 7) is 7.63. The number of thiocarbonyl (C=S) groups is 1. The van der Waals surface area contributed by atoms with Crippen LogP contribution in [0.15, 0.2) is 29.5 Å². The molecule has 1 unspecified atom stereocenters. The molecule has 0 saturated carbocycles. The molecule has 0 aromatic heterocycles. The highest BCUT2D eigenvalue weighted by atomic mass is 32.1. The van der Waals surface area contributed by atoms with Gasteiger partial charge in [-0.1, -0.05) is 6.07 Å². The zero-order valence-corrected chi connectivity index (χ0v) is 15.0. The number of aromatic hydroxyl groups is 1. The lowest BCUT2D eigenvalue weighted by Gasteiger charge is -2.30. The molecule has 0 amide bonds. The lowest BCUT2D eigenvalue weighted by molar-refractivity contribution is -0.143. The van der Waals surface area contributed by atoms with E-state index in [-0.39, 0.29) is 11.9 Å². The molecule has 7 heteroatoms. The maximum absolute atomic E-state index is 12.5. The van der Waals surface area contributed by atoms with Gasteiger partial charge in [0, 0.05) is 5.70 Å². The second-order valence-corrected chi connectivity index (χ2v) is 6.09. The van der Waals surface area contributed by atoms with Gasteiger partial charge in [0.15, 0.2) is 16.6 Å². The summed E-state index contributed by atoms with van der Waals surface area (Å²) in [5.41, 5.74) is 1.83. The standard InChI is InChI=1S/C17H22N2O4S/c1-5-22-13-8-11(6-7-12(13)20)15-14(16(21)23-9(2)3)10(4)18-17(24)19-15/h6-9,15,20H,5H2,1-4H3,(H2,18,19,24). The second kappa shape index (κ2) is 7.53. The van der Waals surface area contributed by atoms with Gasteiger partial charge in [-0.15, -0.1) is 0 Å². The highest BCUT2D eigenvalue weighted by Crippen LogP contribution is 2.34. The van der Waals surface area contributed by atoms with E-state index < -0.39 is 12.0 Å². The SMILES string of the molecule is CCOc1cc(C2NC(=S)NC(C)=C2C(=O)OC(C)C)ccc1O. The fourth-order valence-electron chi connectivity index (χ4n) is 2.47. The van der Waals surface area contributed by atoms with E-state index in [2.05, 4.69) is 10.6 Å². The van der Waals surface area contributed by atoms with Crippen molar-refractivity contribution in [2.45, 2.75) is 39.8 Å². The Bertz CT molecular complexity index is 685. The third-order valence-corrected chi connectivity index (χ3v) is 3.67. The molecule has 3 N–H and O–H groups in total. The Morgan fingerprint density at radius 1 is 1.42 bits per heavy atom. The molecule has 6 nitrogen and oxygen atoms in total. The van der Waals surface area contributed by atoms with Crippen LogP contribution in [0.3, 0.4) is 0 Å². The minimum atomic E-state index is -0.482. The Hall–Kier alpha value is -2.28. The molecule has 0 saturated heterocycles. The topological polar surface area (TPSA) is 79.8 Å². The van der Waals surface area contributed by atoms with Crippen LogP contribution in [-0.4, -0.2) is 28.9 Å². The minimum Gasteiger partial charge on any atom is -0.504 e. The van der Waals surface area contributed by atoms with Gasteiger partial charge in [-0.25, -0.2) is 4.79 Å². The van der Waals surface area contributed by atoms with Gasteiger partial charge in [-0.3, -0.25) is 0 Å². The Labute approximate surface area is 146 Å². The largest absolute Gasteiger partial charge is 0.504 e. The first-order valence-electron chi connectivity index (χ1n) is 7.78. The van der Waals surface area contributed by atoms with Crippen molar-refractivity contribution in [2.75, 3.05) is 6.61 Å². The van der Waals surface area contributed by atoms with Crippen LogP contribution >= 0.6 is 12.2 Å². The first kappa shape index (κ1) is 18.1. The zero-order valence-electron chi connectivity index (χ0n) is 14.2. The predicted octanol–water partition coefficient (Wildman–Crippen LogP) is 2.54. The molecule has 24 heavy (non-hydrogen) atoms. The van der Waals surface area contributed by atoms with E-state index in [1.807, 2.05) is 6.92 Å². The van der Waals surface area contributed by atoms with Crippen molar-refractivity contribution in [3.05, 3.63) is 35.0 Å². The van der Waals surface area contributed by atoms with Gasteiger partial charge >= 0.3 is 5.97 Å². The highest BCUT2D eigenvalue weighted by Gasteiger charge is 2.31. The van der Waals surface area contributed by atoms with Crippen LogP contribution in [0.25, 0.3) is 0 Å². The van der Waals surface area contributed by atoms with Crippen molar-refractivity contribution >= 4 is 23.3 Å². The molecule has 1 aromatic rings. The number of phenolic OH excluding ortho intramolecular Hbond substituents is 1. The molecule has 1 aliphatic rings. The molecule has 130 valence electrons. The van der Waals surface area contributed by atoms with Gasteiger partial charge in [0.25, 0.3) is 0 Å². The summed E-state index contributed by atoms with van der Waals surface area (Å²) in [6, 6.07) is 4.47. The fourth-order valence-corrected chi connectivity index (χ4v) is 2.74. The summed E-state index contributed by atoms with van der Waals surface area (Å²) in [7, 11) is 0. The average molecular weight is 350 g/mol. The first-order valence-corrected chi connectivity index (χ1v) is 8.19. The third-order valence-electron chi connectivity index (χ3n) is 3.45. The fraction of sp³-hybridized carbons (Fsp3) is 0.412. The first-order chi connectivity index (χ1) is 11.3. The number of hydrogen-bond donors (Lipinski definition) is 3. The number of nitrogens with one attached hydrogen (secondary N) is 2. The summed E-state index contributed by atoms with van der Waals surface area (Å²) < 4.78 is 10.8. The number of carbonyl (C=O) groups is 1. The zero-order chi connectivity index (χ0) is 17.9. The van der Waals surface area contributed by atoms with E-state index in [0.717, 1.165) is 5.56 Å². The normalized spacial score (nSPS) is 17.4. The number of phenols is 1. The number of ether oxygens (including phenoxy) is 2. The lowest BCUT2D eigenvalue weighted by atomic mass is 9.95. The summed E-state index contributed by atoms with van der Waals surface area (Å²) in [6.07, 6.45) is -0.230. The molecule has 0 radical (unpaired) electrons. The molecule has 1 atom stereocenters. The average Bonchev–Trinajstić information content (AvgIpc) is 2.48. The second-order valence-electron chi connectivity index (χ2n) is 5.68. The predicted molar refractivity (Wildman–Crippen MR) is 94.8 cm³/mol. The van der Waals surface area contributed by atoms with Crippen molar-refractivity contribution in [3.63, 3.8) is 0 Å². The number of hydrogen-bond acceptors (Lipinski definition) is 5. The molecule has 0 fully saturated rings. The molecule has 0 bridgehead atoms. The van der Waals surface area contributed by atoms with E-state index >= 15 is 0 Å². The summed E-state index contributed by atoms with van der Waals surface area (Å²) in [4.78, 5) is 12.5. The van der Waals surface area contributed by atoms with Gasteiger partial charge in [-0.2, -0.15) is 0 Å². The summed E-state index contributed by atoms with van der Waals surface area (Å²) in [5.74, 6) is -0.0133. The molecule has 0 aliphatic carbocycles. The highest BCUT2D eigenvalue weighted by molar-refractivity contribution is 7.80. The third kappa shape index (κ3) is 3.97. The van der Waals surface area contributed by atoms with Crippen molar-refractivity contribution in [2.24, 2.45) is 0 Å². The van der Waals surface area contributed by atoms with Crippen LogP contribution < -0.4 is 15.4 Å². The van der Waals surface area contributed by atoms with Gasteiger partial charge in [-0.05, 0) is 57.6 Å². The van der Waals surface area contributed by atoms with Crippen LogP contribution in [0.2, 0.25) is 0 Å². The molecule has 1 aliphatic heterocycles. The van der Waals surface area contributed by atoms with Crippen molar-refractivity contribution < 1.29 is 19.4 Å². The van der Waals surface area contributed by atoms with E-state index in [1.165, 1.54) is 6.07 Å². The molecule has 0 spiro atoms. The van der Waals surface area contributed by atoms with E-state index in [4.69, 9.17) is 21.7 Å². The Balaban J connectivity index is 2.45.